The lowest BCUT2D eigenvalue weighted by molar-refractivity contribution is -0.113. The molecular formula is C16H16N6O2S2. The van der Waals surface area contributed by atoms with E-state index in [4.69, 9.17) is 4.74 Å². The van der Waals surface area contributed by atoms with E-state index in [1.807, 2.05) is 28.8 Å². The fraction of sp³-hybridized carbons (Fsp3) is 0.188. The van der Waals surface area contributed by atoms with Gasteiger partial charge in [-0.15, -0.1) is 27.0 Å². The number of ether oxygens (including phenoxy) is 1. The molecule has 0 atom stereocenters. The number of methoxy groups -OCH3 is 1. The van der Waals surface area contributed by atoms with Gasteiger partial charge < -0.3 is 4.74 Å². The molecule has 0 aliphatic carbocycles. The Morgan fingerprint density at radius 2 is 2.23 bits per heavy atom. The first-order chi connectivity index (χ1) is 12.7. The minimum Gasteiger partial charge on any atom is -0.496 e. The van der Waals surface area contributed by atoms with E-state index < -0.39 is 0 Å². The number of carbonyl (C=O) groups excluding carboxylic acids is 1. The second-order valence-corrected chi connectivity index (χ2v) is 6.76. The largest absolute Gasteiger partial charge is 0.496 e. The lowest BCUT2D eigenvalue weighted by Crippen LogP contribution is -2.14. The minimum absolute atomic E-state index is 0.181. The zero-order valence-electron chi connectivity index (χ0n) is 14.0. The molecule has 1 amide bonds. The molecule has 3 rings (SSSR count). The number of para-hydroxylation sites is 1. The second kappa shape index (κ2) is 8.59. The summed E-state index contributed by atoms with van der Waals surface area (Å²) >= 11 is 2.56. The van der Waals surface area contributed by atoms with Gasteiger partial charge in [-0.1, -0.05) is 41.3 Å². The summed E-state index contributed by atoms with van der Waals surface area (Å²) in [7, 11) is 1.61. The van der Waals surface area contributed by atoms with Crippen molar-refractivity contribution in [1.29, 1.82) is 0 Å². The maximum atomic E-state index is 12.0. The number of hydrogen-bond donors (Lipinski definition) is 1. The monoisotopic (exact) mass is 388 g/mol. The Bertz CT molecular complexity index is 894. The Morgan fingerprint density at radius 3 is 2.96 bits per heavy atom. The summed E-state index contributed by atoms with van der Waals surface area (Å²) in [6.07, 6.45) is 1.76. The molecule has 3 aromatic rings. The topological polar surface area (TPSA) is 94.8 Å². The second-order valence-electron chi connectivity index (χ2n) is 4.99. The number of thioether (sulfide) groups is 1. The molecule has 2 aromatic heterocycles. The smallest absolute Gasteiger partial charge is 0.236 e. The molecular weight excluding hydrogens is 372 g/mol. The quantitative estimate of drug-likeness (QED) is 0.468. The van der Waals surface area contributed by atoms with Crippen LogP contribution in [0.1, 0.15) is 0 Å². The number of anilines is 1. The van der Waals surface area contributed by atoms with Crippen molar-refractivity contribution in [2.45, 2.75) is 11.7 Å². The van der Waals surface area contributed by atoms with Gasteiger partial charge in [-0.2, -0.15) is 0 Å². The van der Waals surface area contributed by atoms with Gasteiger partial charge in [0.05, 0.1) is 18.4 Å². The average molecular weight is 388 g/mol. The van der Waals surface area contributed by atoms with Gasteiger partial charge in [0.2, 0.25) is 11.0 Å². The third-order valence-electron chi connectivity index (χ3n) is 3.32. The van der Waals surface area contributed by atoms with Crippen molar-refractivity contribution in [3.63, 3.8) is 0 Å². The Kier molecular flexibility index (Phi) is 5.97. The van der Waals surface area contributed by atoms with Gasteiger partial charge >= 0.3 is 0 Å². The summed E-state index contributed by atoms with van der Waals surface area (Å²) < 4.78 is 7.31. The molecule has 0 saturated carbocycles. The van der Waals surface area contributed by atoms with Crippen LogP contribution in [0.2, 0.25) is 0 Å². The van der Waals surface area contributed by atoms with Crippen molar-refractivity contribution < 1.29 is 9.53 Å². The van der Waals surface area contributed by atoms with Crippen LogP contribution in [0.25, 0.3) is 11.4 Å². The minimum atomic E-state index is -0.182. The van der Waals surface area contributed by atoms with Crippen molar-refractivity contribution in [3.05, 3.63) is 42.4 Å². The Balaban J connectivity index is 1.78. The highest BCUT2D eigenvalue weighted by Gasteiger charge is 2.17. The first-order valence-corrected chi connectivity index (χ1v) is 9.45. The summed E-state index contributed by atoms with van der Waals surface area (Å²) in [6, 6.07) is 7.58. The molecule has 0 fully saturated rings. The van der Waals surface area contributed by atoms with Crippen LogP contribution in [-0.2, 0) is 11.3 Å². The van der Waals surface area contributed by atoms with Gasteiger partial charge in [0, 0.05) is 6.54 Å². The van der Waals surface area contributed by atoms with Crippen LogP contribution in [0.3, 0.4) is 0 Å². The molecule has 0 aliphatic rings. The zero-order chi connectivity index (χ0) is 18.4. The van der Waals surface area contributed by atoms with Crippen molar-refractivity contribution >= 4 is 34.1 Å². The molecule has 8 nitrogen and oxygen atoms in total. The molecule has 10 heteroatoms. The molecule has 0 saturated heterocycles. The van der Waals surface area contributed by atoms with Crippen LogP contribution in [0.5, 0.6) is 5.75 Å². The summed E-state index contributed by atoms with van der Waals surface area (Å²) in [5.74, 6) is 1.37. The van der Waals surface area contributed by atoms with Crippen LogP contribution in [0.4, 0.5) is 5.13 Å². The lowest BCUT2D eigenvalue weighted by Gasteiger charge is -2.10. The van der Waals surface area contributed by atoms with Gasteiger partial charge in [-0.25, -0.2) is 0 Å². The number of nitrogens with zero attached hydrogens (tertiary/aromatic N) is 5. The normalized spacial score (nSPS) is 10.5. The van der Waals surface area contributed by atoms with Crippen molar-refractivity contribution in [2.24, 2.45) is 0 Å². The Morgan fingerprint density at radius 1 is 1.38 bits per heavy atom. The van der Waals surface area contributed by atoms with Gasteiger partial charge in [0.15, 0.2) is 11.0 Å². The van der Waals surface area contributed by atoms with E-state index in [1.54, 1.807) is 18.7 Å². The number of benzene rings is 1. The van der Waals surface area contributed by atoms with Crippen molar-refractivity contribution in [1.82, 2.24) is 25.0 Å². The maximum absolute atomic E-state index is 12.0. The Hall–Kier alpha value is -2.72. The first kappa shape index (κ1) is 18.1. The van der Waals surface area contributed by atoms with Crippen LogP contribution >= 0.6 is 23.1 Å². The number of allylic oxidation sites excluding steroid dienone is 1. The van der Waals surface area contributed by atoms with E-state index in [1.165, 1.54) is 23.1 Å². The van der Waals surface area contributed by atoms with Crippen molar-refractivity contribution in [3.8, 4) is 17.1 Å². The summed E-state index contributed by atoms with van der Waals surface area (Å²) in [4.78, 5) is 12.0. The highest BCUT2D eigenvalue weighted by Crippen LogP contribution is 2.30. The van der Waals surface area contributed by atoms with E-state index in [0.29, 0.717) is 28.4 Å². The molecule has 134 valence electrons. The Labute approximate surface area is 158 Å². The predicted molar refractivity (Wildman–Crippen MR) is 101 cm³/mol. The third-order valence-corrected chi connectivity index (χ3v) is 4.89. The highest BCUT2D eigenvalue weighted by atomic mass is 32.2. The average Bonchev–Trinajstić information content (AvgIpc) is 3.30. The van der Waals surface area contributed by atoms with E-state index in [2.05, 4.69) is 32.3 Å². The molecule has 0 unspecified atom stereocenters. The van der Waals surface area contributed by atoms with Gasteiger partial charge in [-0.05, 0) is 12.1 Å². The standard InChI is InChI=1S/C16H16N6O2S2/c1-3-8-22-14(11-6-4-5-7-12(11)24-2)19-21-16(22)25-9-13(23)18-15-20-17-10-26-15/h3-7,10H,1,8-9H2,2H3,(H,18,20,23). The summed E-state index contributed by atoms with van der Waals surface area (Å²) in [5, 5.41) is 19.8. The van der Waals surface area contributed by atoms with Crippen LogP contribution in [-0.4, -0.2) is 43.7 Å². The molecule has 0 radical (unpaired) electrons. The first-order valence-electron chi connectivity index (χ1n) is 7.59. The van der Waals surface area contributed by atoms with Crippen LogP contribution in [0, 0.1) is 0 Å². The van der Waals surface area contributed by atoms with E-state index in [-0.39, 0.29) is 11.7 Å². The number of aromatic nitrogens is 5. The van der Waals surface area contributed by atoms with Crippen LogP contribution < -0.4 is 10.1 Å². The van der Waals surface area contributed by atoms with E-state index in [9.17, 15) is 4.79 Å². The van der Waals surface area contributed by atoms with Crippen molar-refractivity contribution in [2.75, 3.05) is 18.2 Å². The van der Waals surface area contributed by atoms with E-state index in [0.717, 1.165) is 5.56 Å². The highest BCUT2D eigenvalue weighted by molar-refractivity contribution is 7.99. The van der Waals surface area contributed by atoms with E-state index >= 15 is 0 Å². The molecule has 26 heavy (non-hydrogen) atoms. The third kappa shape index (κ3) is 4.09. The fourth-order valence-corrected chi connectivity index (χ4v) is 3.44. The molecule has 0 spiro atoms. The predicted octanol–water partition coefficient (Wildman–Crippen LogP) is 2.72. The van der Waals surface area contributed by atoms with Crippen LogP contribution in [0.15, 0.2) is 47.6 Å². The molecule has 0 bridgehead atoms. The lowest BCUT2D eigenvalue weighted by atomic mass is 10.2. The maximum Gasteiger partial charge on any atom is 0.236 e. The molecule has 1 N–H and O–H groups in total. The summed E-state index contributed by atoms with van der Waals surface area (Å²) in [5.41, 5.74) is 2.39. The summed E-state index contributed by atoms with van der Waals surface area (Å²) in [6.45, 7) is 4.30. The fourth-order valence-electron chi connectivity index (χ4n) is 2.23. The zero-order valence-corrected chi connectivity index (χ0v) is 15.6. The van der Waals surface area contributed by atoms with Gasteiger partial charge in [-0.3, -0.25) is 14.7 Å². The number of amides is 1. The molecule has 2 heterocycles. The number of rotatable bonds is 8. The van der Waals surface area contributed by atoms with Gasteiger partial charge in [0.1, 0.15) is 11.3 Å². The molecule has 0 aliphatic heterocycles. The number of hydrogen-bond acceptors (Lipinski definition) is 8. The van der Waals surface area contributed by atoms with Gasteiger partial charge in [0.25, 0.3) is 0 Å². The number of carbonyl (C=O) groups is 1. The number of nitrogens with one attached hydrogen (secondary N) is 1. The SMILES string of the molecule is C=CCn1c(SCC(=O)Nc2nncs2)nnc1-c1ccccc1OC. The molecule has 1 aromatic carbocycles.